The molecule has 4 rings (SSSR count). The summed E-state index contributed by atoms with van der Waals surface area (Å²) in [5.74, 6) is -2.02. The van der Waals surface area contributed by atoms with Gasteiger partial charge >= 0.3 is 5.97 Å². The number of carbonyl (C=O) groups excluding carboxylic acids is 2. The number of hydrogen-bond acceptors (Lipinski definition) is 14. The van der Waals surface area contributed by atoms with Crippen molar-refractivity contribution in [3.8, 4) is 0 Å². The van der Waals surface area contributed by atoms with Crippen LogP contribution >= 0.6 is 34.4 Å². The lowest BCUT2D eigenvalue weighted by molar-refractivity contribution is -0.690. The summed E-state index contributed by atoms with van der Waals surface area (Å²) in [6.07, 6.45) is 0.527. The number of oxime groups is 1. The topological polar surface area (TPSA) is 249 Å². The molecule has 16 nitrogen and oxygen atoms in total. The van der Waals surface area contributed by atoms with Gasteiger partial charge in [0.25, 0.3) is 11.8 Å². The second-order valence-corrected chi connectivity index (χ2v) is 11.9. The predicted molar refractivity (Wildman–Crippen MR) is 142 cm³/mol. The average molecular weight is 637 g/mol. The second-order valence-electron chi connectivity index (χ2n) is 8.07. The number of anilines is 1. The monoisotopic (exact) mass is 636 g/mol. The van der Waals surface area contributed by atoms with Crippen molar-refractivity contribution in [3.05, 3.63) is 38.4 Å². The van der Waals surface area contributed by atoms with Crippen LogP contribution in [0.2, 0.25) is 0 Å². The maximum absolute atomic E-state index is 13.0. The number of nitrogens with one attached hydrogen (secondary N) is 1. The summed E-state index contributed by atoms with van der Waals surface area (Å²) in [6, 6.07) is -0.923. The molecule has 2 aromatic rings. The third-order valence-electron chi connectivity index (χ3n) is 5.56. The molecule has 4 heterocycles. The number of amides is 2. The number of aromatic nitrogens is 2. The Morgan fingerprint density at radius 3 is 2.62 bits per heavy atom. The Bertz CT molecular complexity index is 1460. The van der Waals surface area contributed by atoms with Crippen LogP contribution in [0.4, 0.5) is 5.13 Å². The van der Waals surface area contributed by atoms with Crippen molar-refractivity contribution in [3.63, 3.8) is 0 Å². The number of nitrogens with two attached hydrogens (primary N) is 1. The molecule has 0 aromatic carbocycles. The molecule has 0 saturated carbocycles. The molecule has 0 unspecified atom stereocenters. The molecule has 0 radical (unpaired) electrons. The van der Waals surface area contributed by atoms with E-state index < -0.39 is 39.6 Å². The number of thioether (sulfide) groups is 1. The van der Waals surface area contributed by atoms with Crippen LogP contribution < -0.4 is 15.6 Å². The lowest BCUT2D eigenvalue weighted by atomic mass is 10.0. The fourth-order valence-electron chi connectivity index (χ4n) is 3.86. The van der Waals surface area contributed by atoms with Crippen molar-refractivity contribution in [2.45, 2.75) is 31.3 Å². The highest BCUT2D eigenvalue weighted by atomic mass is 32.3. The molecular formula is C20H24N6O10S4. The van der Waals surface area contributed by atoms with Crippen molar-refractivity contribution in [2.24, 2.45) is 5.16 Å². The van der Waals surface area contributed by atoms with Crippen LogP contribution in [0, 0.1) is 6.92 Å². The third-order valence-corrected chi connectivity index (χ3v) is 8.71. The Kier molecular flexibility index (Phi) is 10.2. The van der Waals surface area contributed by atoms with E-state index in [0.717, 1.165) is 21.9 Å². The smallest absolute Gasteiger partial charge is 0.352 e. The van der Waals surface area contributed by atoms with Crippen LogP contribution in [0.1, 0.15) is 16.3 Å². The average Bonchev–Trinajstić information content (AvgIpc) is 3.45. The van der Waals surface area contributed by atoms with Gasteiger partial charge in [-0.2, -0.15) is 4.57 Å². The van der Waals surface area contributed by atoms with Gasteiger partial charge in [0, 0.05) is 36.7 Å². The van der Waals surface area contributed by atoms with Crippen LogP contribution in [0.25, 0.3) is 0 Å². The molecule has 1 saturated heterocycles. The molecule has 0 aliphatic carbocycles. The van der Waals surface area contributed by atoms with Gasteiger partial charge in [0.05, 0.1) is 4.88 Å². The van der Waals surface area contributed by atoms with E-state index in [1.807, 2.05) is 17.0 Å². The number of aliphatic carboxylic acids is 1. The van der Waals surface area contributed by atoms with Gasteiger partial charge in [-0.15, -0.1) is 23.1 Å². The lowest BCUT2D eigenvalue weighted by Crippen LogP contribution is -2.71. The number of thiazole rings is 2. The normalized spacial score (nSPS) is 18.9. The van der Waals surface area contributed by atoms with Crippen molar-refractivity contribution >= 4 is 73.5 Å². The Hall–Kier alpha value is -3.14. The number of hydrogen-bond donors (Lipinski definition) is 5. The fraction of sp³-hybridized carbons (Fsp3) is 0.400. The van der Waals surface area contributed by atoms with Gasteiger partial charge in [-0.25, -0.2) is 18.2 Å². The number of aliphatic hydroxyl groups is 1. The van der Waals surface area contributed by atoms with E-state index in [-0.39, 0.29) is 28.8 Å². The number of carboxylic acid groups (broad SMARTS) is 1. The number of nitrogens with zero attached hydrogens (tertiary/aromatic N) is 4. The van der Waals surface area contributed by atoms with Crippen molar-refractivity contribution in [1.29, 1.82) is 0 Å². The van der Waals surface area contributed by atoms with E-state index in [0.29, 0.717) is 24.3 Å². The van der Waals surface area contributed by atoms with E-state index in [1.165, 1.54) is 35.1 Å². The highest BCUT2D eigenvalue weighted by Crippen LogP contribution is 2.40. The van der Waals surface area contributed by atoms with E-state index in [1.54, 1.807) is 5.38 Å². The first-order valence-electron chi connectivity index (χ1n) is 11.1. The fourth-order valence-corrected chi connectivity index (χ4v) is 6.73. The molecular weight excluding hydrogens is 613 g/mol. The van der Waals surface area contributed by atoms with Crippen LogP contribution in [0.15, 0.2) is 27.3 Å². The minimum Gasteiger partial charge on any atom is -0.726 e. The van der Waals surface area contributed by atoms with Gasteiger partial charge in [-0.05, 0) is 0 Å². The number of carbonyl (C=O) groups is 3. The third kappa shape index (κ3) is 7.33. The Morgan fingerprint density at radius 1 is 1.40 bits per heavy atom. The number of aliphatic hydroxyl groups excluding tert-OH is 1. The first-order chi connectivity index (χ1) is 18.8. The summed E-state index contributed by atoms with van der Waals surface area (Å²) in [6.45, 7) is 2.26. The largest absolute Gasteiger partial charge is 0.726 e. The molecule has 2 aliphatic rings. The quantitative estimate of drug-likeness (QED) is 0.0537. The summed E-state index contributed by atoms with van der Waals surface area (Å²) in [4.78, 5) is 49.0. The van der Waals surface area contributed by atoms with Crippen LogP contribution in [-0.4, -0.2) is 92.0 Å². The Labute approximate surface area is 239 Å². The number of β-lactam (4-membered cyclic amide) rings is 1. The first kappa shape index (κ1) is 31.4. The molecule has 218 valence electrons. The predicted octanol–water partition coefficient (Wildman–Crippen LogP) is -1.29. The first-order valence-corrected chi connectivity index (χ1v) is 15.2. The van der Waals surface area contributed by atoms with Crippen molar-refractivity contribution in [2.75, 3.05) is 25.2 Å². The minimum atomic E-state index is -4.92. The number of rotatable bonds is 9. The van der Waals surface area contributed by atoms with Gasteiger partial charge in [0.15, 0.2) is 23.1 Å². The van der Waals surface area contributed by atoms with Gasteiger partial charge < -0.3 is 30.7 Å². The SMILES string of the molecule is CO/N=C(/C(=O)N[C@@H]1C(=O)N2C(C(=O)O)=C(C[n+]3csc(CCO)c3C)CS[C@H]12)c1csc(N)n1.O=S(=O)([O-])O. The summed E-state index contributed by atoms with van der Waals surface area (Å²) in [7, 11) is -3.64. The van der Waals surface area contributed by atoms with Crippen LogP contribution in [0.3, 0.4) is 0 Å². The van der Waals surface area contributed by atoms with Crippen LogP contribution in [-0.2, 0) is 42.6 Å². The van der Waals surface area contributed by atoms with Gasteiger partial charge in [-0.3, -0.25) is 19.0 Å². The highest BCUT2D eigenvalue weighted by Gasteiger charge is 2.55. The maximum Gasteiger partial charge on any atom is 0.352 e. The molecule has 0 bridgehead atoms. The molecule has 2 amide bonds. The molecule has 6 N–H and O–H groups in total. The summed E-state index contributed by atoms with van der Waals surface area (Å²) in [5, 5.41) is 26.7. The zero-order valence-electron chi connectivity index (χ0n) is 20.8. The molecule has 1 fully saturated rings. The highest BCUT2D eigenvalue weighted by molar-refractivity contribution is 8.00. The van der Waals surface area contributed by atoms with Crippen LogP contribution in [0.5, 0.6) is 0 Å². The zero-order chi connectivity index (χ0) is 29.8. The minimum absolute atomic E-state index is 0.0318. The number of nitrogen functional groups attached to an aromatic ring is 1. The Morgan fingerprint density at radius 2 is 2.08 bits per heavy atom. The van der Waals surface area contributed by atoms with Crippen molar-refractivity contribution < 1.29 is 51.5 Å². The van der Waals surface area contributed by atoms with Gasteiger partial charge in [0.2, 0.25) is 15.9 Å². The molecule has 40 heavy (non-hydrogen) atoms. The number of carboxylic acids is 1. The molecule has 20 heteroatoms. The van der Waals surface area contributed by atoms with E-state index >= 15 is 0 Å². The summed E-state index contributed by atoms with van der Waals surface area (Å²) >= 11 is 4.00. The van der Waals surface area contributed by atoms with E-state index in [4.69, 9.17) is 28.1 Å². The summed E-state index contributed by atoms with van der Waals surface area (Å²) < 4.78 is 34.8. The lowest BCUT2D eigenvalue weighted by Gasteiger charge is -2.49. The molecule has 0 spiro atoms. The molecule has 2 aromatic heterocycles. The summed E-state index contributed by atoms with van der Waals surface area (Å²) in [5.41, 5.74) is 9.08. The van der Waals surface area contributed by atoms with E-state index in [2.05, 4.69) is 15.5 Å². The molecule has 2 aliphatic heterocycles. The second kappa shape index (κ2) is 13.0. The van der Waals surface area contributed by atoms with Crippen molar-refractivity contribution in [1.82, 2.24) is 15.2 Å². The number of fused-ring (bicyclic) bond motifs is 1. The maximum atomic E-state index is 13.0. The van der Waals surface area contributed by atoms with E-state index in [9.17, 15) is 24.6 Å². The van der Waals surface area contributed by atoms with Gasteiger partial charge in [0.1, 0.15) is 29.9 Å². The zero-order valence-corrected chi connectivity index (χ0v) is 24.1. The standard InChI is InChI=1S/C20H22N6O6S3.H2O4S/c1-9-12(3-4-27)35-8-25(9)5-10-6-33-18-14(17(29)26(18)15(10)19(30)31)23-16(28)13(24-32-2)11-7-34-20(21)22-11;1-5(2,3)4/h7-8,14,18,27H,3-6H2,1-2H3,(H3-,21,22,23,28,30,31);(H2,1,2,3,4)/b24-13+;/t14-,18-;/m1./s1. The molecule has 2 atom stereocenters. The van der Waals surface area contributed by atoms with Gasteiger partial charge in [-0.1, -0.05) is 16.5 Å². The Balaban J connectivity index is 0.000000810.